The Kier molecular flexibility index (Phi) is 6.32. The highest BCUT2D eigenvalue weighted by molar-refractivity contribution is 5.91. The topological polar surface area (TPSA) is 96.6 Å². The summed E-state index contributed by atoms with van der Waals surface area (Å²) in [6, 6.07) is 3.13. The molecular formula is C25H31F3N6O2. The first-order valence-electron chi connectivity index (χ1n) is 12.2. The number of carbonyl (C=O) groups excluding carboxylic acids is 1. The number of anilines is 2. The average Bonchev–Trinajstić information content (AvgIpc) is 3.23. The van der Waals surface area contributed by atoms with E-state index in [0.29, 0.717) is 49.8 Å². The third-order valence-corrected chi connectivity index (χ3v) is 7.65. The van der Waals surface area contributed by atoms with Crippen LogP contribution in [0.1, 0.15) is 54.6 Å². The lowest BCUT2D eigenvalue weighted by molar-refractivity contribution is -0.144. The van der Waals surface area contributed by atoms with Gasteiger partial charge in [0.2, 0.25) is 5.91 Å². The number of likely N-dealkylation sites (N-methyl/N-ethyl adjacent to an activating group) is 1. The highest BCUT2D eigenvalue weighted by atomic mass is 19.4. The second-order valence-corrected chi connectivity index (χ2v) is 10.1. The average molecular weight is 505 g/mol. The third-order valence-electron chi connectivity index (χ3n) is 7.65. The molecule has 1 aromatic carbocycles. The van der Waals surface area contributed by atoms with Crippen LogP contribution in [0.25, 0.3) is 0 Å². The van der Waals surface area contributed by atoms with Crippen molar-refractivity contribution in [2.24, 2.45) is 0 Å². The largest absolute Gasteiger partial charge is 0.416 e. The van der Waals surface area contributed by atoms with Crippen LogP contribution in [-0.2, 0) is 27.7 Å². The molecule has 0 aliphatic carbocycles. The summed E-state index contributed by atoms with van der Waals surface area (Å²) < 4.78 is 45.6. The maximum Gasteiger partial charge on any atom is 0.416 e. The molecule has 8 nitrogen and oxygen atoms in total. The number of aromatic nitrogens is 2. The van der Waals surface area contributed by atoms with Crippen molar-refractivity contribution in [3.63, 3.8) is 0 Å². The number of fused-ring (bicyclic) bond motifs is 2. The molecule has 2 atom stereocenters. The van der Waals surface area contributed by atoms with Crippen molar-refractivity contribution in [1.82, 2.24) is 19.8 Å². The van der Waals surface area contributed by atoms with Crippen molar-refractivity contribution < 1.29 is 22.7 Å². The number of likely N-dealkylation sites (tertiary alicyclic amines) is 1. The summed E-state index contributed by atoms with van der Waals surface area (Å²) in [6.07, 6.45) is -0.868. The molecule has 0 saturated carbocycles. The van der Waals surface area contributed by atoms with E-state index < -0.39 is 23.2 Å². The van der Waals surface area contributed by atoms with E-state index in [2.05, 4.69) is 20.2 Å². The van der Waals surface area contributed by atoms with Crippen LogP contribution in [0.2, 0.25) is 0 Å². The predicted octanol–water partition coefficient (Wildman–Crippen LogP) is 3.35. The van der Waals surface area contributed by atoms with Crippen molar-refractivity contribution >= 4 is 17.4 Å². The number of carbonyl (C=O) groups is 1. The summed E-state index contributed by atoms with van der Waals surface area (Å²) in [5.74, 6) is 0.622. The summed E-state index contributed by atoms with van der Waals surface area (Å²) in [5, 5.41) is 3.30. The maximum absolute atomic E-state index is 13.9. The lowest BCUT2D eigenvalue weighted by Crippen LogP contribution is -2.57. The Morgan fingerprint density at radius 2 is 1.97 bits per heavy atom. The third kappa shape index (κ3) is 4.39. The van der Waals surface area contributed by atoms with Crippen LogP contribution >= 0.6 is 0 Å². The Hall–Kier alpha value is -2.92. The van der Waals surface area contributed by atoms with Crippen LogP contribution in [0.4, 0.5) is 24.7 Å². The van der Waals surface area contributed by atoms with Gasteiger partial charge >= 0.3 is 6.18 Å². The Balaban J connectivity index is 1.52. The molecule has 194 valence electrons. The normalized spacial score (nSPS) is 24.2. The van der Waals surface area contributed by atoms with Crippen molar-refractivity contribution in [3.8, 4) is 0 Å². The number of alkyl halides is 3. The number of nitrogens with zero attached hydrogens (tertiary/aromatic N) is 4. The molecule has 3 aliphatic heterocycles. The molecule has 1 aromatic heterocycles. The van der Waals surface area contributed by atoms with Gasteiger partial charge in [-0.05, 0) is 63.5 Å². The highest BCUT2D eigenvalue weighted by Crippen LogP contribution is 2.44. The lowest BCUT2D eigenvalue weighted by Gasteiger charge is -2.44. The first-order valence-corrected chi connectivity index (χ1v) is 12.2. The number of nitrogens with two attached hydrogens (primary N) is 1. The SMILES string of the molecule is C[C@@H](Nc1ncnc2c1CN(C1CCOCC1)C(=O)C21CCN(C)C1)c1cc(N)cc(C(F)(F)F)c1. The number of hydrogen-bond donors (Lipinski definition) is 2. The van der Waals surface area contributed by atoms with Crippen molar-refractivity contribution in [2.75, 3.05) is 44.4 Å². The van der Waals surface area contributed by atoms with E-state index in [1.165, 1.54) is 12.4 Å². The minimum Gasteiger partial charge on any atom is -0.399 e. The lowest BCUT2D eigenvalue weighted by atomic mass is 9.76. The van der Waals surface area contributed by atoms with Crippen molar-refractivity contribution in [2.45, 2.75) is 56.4 Å². The van der Waals surface area contributed by atoms with E-state index in [4.69, 9.17) is 10.5 Å². The molecule has 1 amide bonds. The van der Waals surface area contributed by atoms with Gasteiger partial charge in [0.15, 0.2) is 0 Å². The number of nitrogen functional groups attached to an aromatic ring is 1. The van der Waals surface area contributed by atoms with Crippen LogP contribution < -0.4 is 11.1 Å². The zero-order valence-electron chi connectivity index (χ0n) is 20.4. The predicted molar refractivity (Wildman–Crippen MR) is 128 cm³/mol. The summed E-state index contributed by atoms with van der Waals surface area (Å²) in [5.41, 5.74) is 6.23. The fourth-order valence-electron chi connectivity index (χ4n) is 5.76. The van der Waals surface area contributed by atoms with Gasteiger partial charge in [0.05, 0.1) is 23.8 Å². The zero-order chi connectivity index (χ0) is 25.7. The Morgan fingerprint density at radius 1 is 1.22 bits per heavy atom. The Bertz CT molecular complexity index is 1150. The fourth-order valence-corrected chi connectivity index (χ4v) is 5.76. The van der Waals surface area contributed by atoms with Gasteiger partial charge in [-0.1, -0.05) is 0 Å². The van der Waals surface area contributed by atoms with Gasteiger partial charge < -0.3 is 25.6 Å². The van der Waals surface area contributed by atoms with Crippen LogP contribution in [0.15, 0.2) is 24.5 Å². The molecule has 36 heavy (non-hydrogen) atoms. The van der Waals surface area contributed by atoms with E-state index in [1.807, 2.05) is 11.9 Å². The molecule has 1 spiro atoms. The minimum absolute atomic E-state index is 0.0439. The molecule has 2 aromatic rings. The molecule has 2 saturated heterocycles. The fraction of sp³-hybridized carbons (Fsp3) is 0.560. The number of nitrogens with one attached hydrogen (secondary N) is 1. The second kappa shape index (κ2) is 9.19. The first kappa shape index (κ1) is 24.8. The summed E-state index contributed by atoms with van der Waals surface area (Å²) in [6.45, 7) is 4.68. The number of halogens is 3. The second-order valence-electron chi connectivity index (χ2n) is 10.1. The quantitative estimate of drug-likeness (QED) is 0.617. The molecule has 5 rings (SSSR count). The van der Waals surface area contributed by atoms with Crippen molar-refractivity contribution in [1.29, 1.82) is 0 Å². The van der Waals surface area contributed by atoms with Crippen LogP contribution in [-0.4, -0.2) is 65.1 Å². The van der Waals surface area contributed by atoms with Crippen LogP contribution in [0.3, 0.4) is 0 Å². The maximum atomic E-state index is 13.9. The number of rotatable bonds is 4. The highest BCUT2D eigenvalue weighted by Gasteiger charge is 2.54. The van der Waals surface area contributed by atoms with Gasteiger partial charge in [-0.3, -0.25) is 4.79 Å². The summed E-state index contributed by atoms with van der Waals surface area (Å²) in [4.78, 5) is 27.1. The minimum atomic E-state index is -4.50. The van der Waals surface area contributed by atoms with E-state index in [0.717, 1.165) is 37.1 Å². The van der Waals surface area contributed by atoms with Crippen LogP contribution in [0.5, 0.6) is 0 Å². The van der Waals surface area contributed by atoms with Crippen molar-refractivity contribution in [3.05, 3.63) is 46.9 Å². The zero-order valence-corrected chi connectivity index (χ0v) is 20.4. The van der Waals surface area contributed by atoms with E-state index >= 15 is 0 Å². The molecule has 3 N–H and O–H groups in total. The molecule has 2 fully saturated rings. The van der Waals surface area contributed by atoms with Gasteiger partial charge in [-0.25, -0.2) is 9.97 Å². The van der Waals surface area contributed by atoms with Gasteiger partial charge in [0, 0.05) is 37.1 Å². The molecule has 0 bridgehead atoms. The van der Waals surface area contributed by atoms with E-state index in [9.17, 15) is 18.0 Å². The van der Waals surface area contributed by atoms with Gasteiger partial charge in [-0.15, -0.1) is 0 Å². The molecule has 11 heteroatoms. The van der Waals surface area contributed by atoms with Gasteiger partial charge in [0.25, 0.3) is 0 Å². The Morgan fingerprint density at radius 3 is 2.64 bits per heavy atom. The van der Waals surface area contributed by atoms with Crippen LogP contribution in [0, 0.1) is 0 Å². The Labute approximate surface area is 208 Å². The number of amides is 1. The number of ether oxygens (including phenoxy) is 1. The molecule has 3 aliphatic rings. The molecule has 1 unspecified atom stereocenters. The number of benzene rings is 1. The molecule has 4 heterocycles. The van der Waals surface area contributed by atoms with Gasteiger partial charge in [0.1, 0.15) is 17.6 Å². The molecule has 0 radical (unpaired) electrons. The van der Waals surface area contributed by atoms with Gasteiger partial charge in [-0.2, -0.15) is 13.2 Å². The molecular weight excluding hydrogens is 473 g/mol. The summed E-state index contributed by atoms with van der Waals surface area (Å²) >= 11 is 0. The van der Waals surface area contributed by atoms with E-state index in [1.54, 1.807) is 6.92 Å². The first-order chi connectivity index (χ1) is 17.1. The number of hydrogen-bond acceptors (Lipinski definition) is 7. The summed E-state index contributed by atoms with van der Waals surface area (Å²) in [7, 11) is 2.00. The monoisotopic (exact) mass is 504 g/mol. The standard InChI is InChI=1S/C25H31F3N6O2/c1-15(16-9-17(25(26,27)28)11-18(29)10-16)32-22-20-12-34(19-3-7-36-8-4-19)23(35)24(5-6-33(2)13-24)21(20)30-14-31-22/h9-11,14-15,19H,3-8,12-13,29H2,1-2H3,(H,30,31,32)/t15-,24?/m1/s1. The smallest absolute Gasteiger partial charge is 0.399 e. The van der Waals surface area contributed by atoms with E-state index in [-0.39, 0.29) is 17.6 Å².